The number of nitrogens with one attached hydrogen (secondary N) is 1. The van der Waals surface area contributed by atoms with Crippen molar-refractivity contribution in [2.45, 2.75) is 32.5 Å². The topological polar surface area (TPSA) is 21.3 Å². The Morgan fingerprint density at radius 1 is 1.15 bits per heavy atom. The van der Waals surface area contributed by atoms with Gasteiger partial charge < -0.3 is 10.1 Å². The second-order valence-corrected chi connectivity index (χ2v) is 5.57. The highest BCUT2D eigenvalue weighted by Crippen LogP contribution is 2.27. The molecule has 2 atom stereocenters. The van der Waals surface area contributed by atoms with E-state index in [0.717, 1.165) is 13.2 Å². The molecule has 0 spiro atoms. The average Bonchev–Trinajstić information content (AvgIpc) is 2.47. The summed E-state index contributed by atoms with van der Waals surface area (Å²) < 4.78 is 5.71. The monoisotopic (exact) mass is 267 g/mol. The van der Waals surface area contributed by atoms with Gasteiger partial charge >= 0.3 is 0 Å². The molecule has 0 aliphatic carbocycles. The van der Waals surface area contributed by atoms with Gasteiger partial charge in [0.1, 0.15) is 0 Å². The van der Waals surface area contributed by atoms with Crippen molar-refractivity contribution in [2.75, 3.05) is 6.61 Å². The maximum absolute atomic E-state index is 5.71. The quantitative estimate of drug-likeness (QED) is 0.910. The van der Waals surface area contributed by atoms with E-state index in [9.17, 15) is 0 Å². The predicted molar refractivity (Wildman–Crippen MR) is 81.6 cm³/mol. The standard InChI is InChI=1S/C18H21NO/c1-13-6-5-8-15(10-13)14(2)19-18-12-20-11-16-7-3-4-9-17(16)18/h3-10,14,18-19H,11-12H2,1-2H3/t14-,18?/m1/s1. The van der Waals surface area contributed by atoms with Crippen LogP contribution in [0.4, 0.5) is 0 Å². The maximum Gasteiger partial charge on any atom is 0.0721 e. The number of ether oxygens (including phenoxy) is 1. The second-order valence-electron chi connectivity index (χ2n) is 5.57. The molecule has 3 rings (SSSR count). The molecule has 1 aliphatic rings. The number of rotatable bonds is 3. The van der Waals surface area contributed by atoms with Crippen LogP contribution in [0.1, 0.15) is 41.3 Å². The molecule has 0 fully saturated rings. The fourth-order valence-electron chi connectivity index (χ4n) is 2.86. The van der Waals surface area contributed by atoms with E-state index in [0.29, 0.717) is 6.04 Å². The van der Waals surface area contributed by atoms with Gasteiger partial charge in [0.05, 0.1) is 19.3 Å². The highest BCUT2D eigenvalue weighted by molar-refractivity contribution is 5.32. The van der Waals surface area contributed by atoms with Crippen LogP contribution in [0.15, 0.2) is 48.5 Å². The van der Waals surface area contributed by atoms with Gasteiger partial charge in [-0.2, -0.15) is 0 Å². The number of fused-ring (bicyclic) bond motifs is 1. The Labute approximate surface area is 120 Å². The Morgan fingerprint density at radius 2 is 2.00 bits per heavy atom. The summed E-state index contributed by atoms with van der Waals surface area (Å²) in [5.41, 5.74) is 5.30. The largest absolute Gasteiger partial charge is 0.375 e. The lowest BCUT2D eigenvalue weighted by atomic mass is 9.97. The van der Waals surface area contributed by atoms with Gasteiger partial charge in [0.15, 0.2) is 0 Å². The van der Waals surface area contributed by atoms with Crippen LogP contribution in [-0.4, -0.2) is 6.61 Å². The third kappa shape index (κ3) is 2.77. The van der Waals surface area contributed by atoms with E-state index in [1.165, 1.54) is 22.3 Å². The molecule has 1 N–H and O–H groups in total. The fourth-order valence-corrected chi connectivity index (χ4v) is 2.86. The molecule has 2 nitrogen and oxygen atoms in total. The molecule has 0 radical (unpaired) electrons. The summed E-state index contributed by atoms with van der Waals surface area (Å²) in [4.78, 5) is 0. The van der Waals surface area contributed by atoms with Gasteiger partial charge in [-0.3, -0.25) is 0 Å². The second kappa shape index (κ2) is 5.78. The molecular formula is C18H21NO. The zero-order valence-electron chi connectivity index (χ0n) is 12.1. The predicted octanol–water partition coefficient (Wildman–Crippen LogP) is 3.92. The smallest absolute Gasteiger partial charge is 0.0721 e. The molecule has 20 heavy (non-hydrogen) atoms. The minimum absolute atomic E-state index is 0.274. The first-order chi connectivity index (χ1) is 9.74. The zero-order valence-corrected chi connectivity index (χ0v) is 12.1. The highest BCUT2D eigenvalue weighted by atomic mass is 16.5. The normalized spacial score (nSPS) is 19.4. The first kappa shape index (κ1) is 13.3. The fraction of sp³-hybridized carbons (Fsp3) is 0.333. The molecular weight excluding hydrogens is 246 g/mol. The summed E-state index contributed by atoms with van der Waals surface area (Å²) in [7, 11) is 0. The van der Waals surface area contributed by atoms with E-state index in [4.69, 9.17) is 4.74 Å². The summed E-state index contributed by atoms with van der Waals surface area (Å²) in [6.45, 7) is 5.82. The third-order valence-corrected chi connectivity index (χ3v) is 3.97. The molecule has 2 aromatic carbocycles. The van der Waals surface area contributed by atoms with Gasteiger partial charge in [-0.25, -0.2) is 0 Å². The summed E-state index contributed by atoms with van der Waals surface area (Å²) >= 11 is 0. The molecule has 104 valence electrons. The molecule has 0 saturated heterocycles. The number of hydrogen-bond acceptors (Lipinski definition) is 2. The van der Waals surface area contributed by atoms with Gasteiger partial charge in [-0.1, -0.05) is 54.1 Å². The van der Waals surface area contributed by atoms with E-state index in [1.807, 2.05) is 0 Å². The maximum atomic E-state index is 5.71. The van der Waals surface area contributed by atoms with E-state index in [-0.39, 0.29) is 6.04 Å². The Kier molecular flexibility index (Phi) is 3.86. The highest BCUT2D eigenvalue weighted by Gasteiger charge is 2.21. The van der Waals surface area contributed by atoms with Crippen molar-refractivity contribution < 1.29 is 4.74 Å². The lowest BCUT2D eigenvalue weighted by Gasteiger charge is -2.29. The van der Waals surface area contributed by atoms with Crippen LogP contribution >= 0.6 is 0 Å². The molecule has 1 unspecified atom stereocenters. The molecule has 0 aromatic heterocycles. The van der Waals surface area contributed by atoms with Crippen molar-refractivity contribution in [1.29, 1.82) is 0 Å². The van der Waals surface area contributed by atoms with Crippen molar-refractivity contribution in [1.82, 2.24) is 5.32 Å². The minimum atomic E-state index is 0.274. The van der Waals surface area contributed by atoms with Gasteiger partial charge in [-0.15, -0.1) is 0 Å². The Morgan fingerprint density at radius 3 is 2.85 bits per heavy atom. The van der Waals surface area contributed by atoms with Crippen molar-refractivity contribution in [2.24, 2.45) is 0 Å². The van der Waals surface area contributed by atoms with Crippen molar-refractivity contribution >= 4 is 0 Å². The van der Waals surface area contributed by atoms with E-state index in [1.54, 1.807) is 0 Å². The molecule has 0 bridgehead atoms. The van der Waals surface area contributed by atoms with Crippen LogP contribution < -0.4 is 5.32 Å². The van der Waals surface area contributed by atoms with Crippen LogP contribution in [0.2, 0.25) is 0 Å². The van der Waals surface area contributed by atoms with Crippen molar-refractivity contribution in [3.63, 3.8) is 0 Å². The Balaban J connectivity index is 1.79. The van der Waals surface area contributed by atoms with Gasteiger partial charge in [-0.05, 0) is 30.5 Å². The van der Waals surface area contributed by atoms with Crippen LogP contribution in [0.3, 0.4) is 0 Å². The van der Waals surface area contributed by atoms with Crippen LogP contribution in [-0.2, 0) is 11.3 Å². The lowest BCUT2D eigenvalue weighted by Crippen LogP contribution is -2.31. The Hall–Kier alpha value is -1.64. The molecule has 0 amide bonds. The molecule has 1 aliphatic heterocycles. The van der Waals surface area contributed by atoms with Crippen LogP contribution in [0.25, 0.3) is 0 Å². The van der Waals surface area contributed by atoms with Gasteiger partial charge in [0, 0.05) is 6.04 Å². The van der Waals surface area contributed by atoms with E-state index in [2.05, 4.69) is 67.7 Å². The summed E-state index contributed by atoms with van der Waals surface area (Å²) in [5.74, 6) is 0. The van der Waals surface area contributed by atoms with E-state index < -0.39 is 0 Å². The summed E-state index contributed by atoms with van der Waals surface area (Å²) in [6.07, 6.45) is 0. The van der Waals surface area contributed by atoms with Crippen LogP contribution in [0, 0.1) is 6.92 Å². The SMILES string of the molecule is Cc1cccc([C@@H](C)NC2COCc3ccccc32)c1. The third-order valence-electron chi connectivity index (χ3n) is 3.97. The van der Waals surface area contributed by atoms with Crippen molar-refractivity contribution in [3.8, 4) is 0 Å². The average molecular weight is 267 g/mol. The summed E-state index contributed by atoms with van der Waals surface area (Å²) in [5, 5.41) is 3.69. The number of benzene rings is 2. The number of hydrogen-bond donors (Lipinski definition) is 1. The first-order valence-corrected chi connectivity index (χ1v) is 7.22. The minimum Gasteiger partial charge on any atom is -0.375 e. The Bertz CT molecular complexity index is 593. The zero-order chi connectivity index (χ0) is 13.9. The van der Waals surface area contributed by atoms with Crippen molar-refractivity contribution in [3.05, 3.63) is 70.8 Å². The van der Waals surface area contributed by atoms with E-state index >= 15 is 0 Å². The van der Waals surface area contributed by atoms with Crippen LogP contribution in [0.5, 0.6) is 0 Å². The van der Waals surface area contributed by atoms with Gasteiger partial charge in [0.2, 0.25) is 0 Å². The number of aryl methyl sites for hydroxylation is 1. The molecule has 0 saturated carbocycles. The van der Waals surface area contributed by atoms with Gasteiger partial charge in [0.25, 0.3) is 0 Å². The summed E-state index contributed by atoms with van der Waals surface area (Å²) in [6, 6.07) is 17.8. The molecule has 2 aromatic rings. The molecule has 1 heterocycles. The molecule has 2 heteroatoms. The lowest BCUT2D eigenvalue weighted by molar-refractivity contribution is 0.0791. The first-order valence-electron chi connectivity index (χ1n) is 7.22.